The number of fused-ring (bicyclic) bond motifs is 1. The third-order valence-electron chi connectivity index (χ3n) is 4.68. The number of carbonyl (C=O) groups excluding carboxylic acids is 1. The van der Waals surface area contributed by atoms with Gasteiger partial charge in [-0.3, -0.25) is 9.08 Å². The first kappa shape index (κ1) is 22.6. The molecule has 1 aromatic heterocycles. The van der Waals surface area contributed by atoms with Crippen molar-refractivity contribution in [3.63, 3.8) is 0 Å². The summed E-state index contributed by atoms with van der Waals surface area (Å²) in [5.74, 6) is 0.708. The van der Waals surface area contributed by atoms with Gasteiger partial charge in [0.05, 0.1) is 12.5 Å². The quantitative estimate of drug-likeness (QED) is 0.193. The topological polar surface area (TPSA) is 95.2 Å². The van der Waals surface area contributed by atoms with Gasteiger partial charge in [0, 0.05) is 21.5 Å². The van der Waals surface area contributed by atoms with E-state index in [1.807, 2.05) is 12.1 Å². The van der Waals surface area contributed by atoms with E-state index >= 15 is 0 Å². The Bertz CT molecular complexity index is 1430. The van der Waals surface area contributed by atoms with E-state index in [-0.39, 0.29) is 12.3 Å². The molecule has 0 aliphatic rings. The molecule has 4 aromatic rings. The standard InChI is InChI=1S/C24H18ClNO6S/c1-33(28,29)32-26-23(16-8-10-17(25)11-9-16)24(27)21-12-13-22(20-7-3-2-6-19(20)21)31-15-18-5-4-14-30-18/h2-14H,15H2,1H3/b26-23+. The minimum Gasteiger partial charge on any atom is -0.485 e. The van der Waals surface area contributed by atoms with Gasteiger partial charge >= 0.3 is 10.1 Å². The highest BCUT2D eigenvalue weighted by Gasteiger charge is 2.22. The number of hydrogen-bond acceptors (Lipinski definition) is 7. The van der Waals surface area contributed by atoms with Crippen LogP contribution < -0.4 is 4.74 Å². The fourth-order valence-corrected chi connectivity index (χ4v) is 3.54. The predicted octanol–water partition coefficient (Wildman–Crippen LogP) is 5.23. The van der Waals surface area contributed by atoms with Gasteiger partial charge in [-0.15, -0.1) is 0 Å². The van der Waals surface area contributed by atoms with Gasteiger partial charge in [-0.1, -0.05) is 53.2 Å². The van der Waals surface area contributed by atoms with Crippen LogP contribution >= 0.6 is 11.6 Å². The molecular weight excluding hydrogens is 466 g/mol. The molecule has 4 rings (SSSR count). The van der Waals surface area contributed by atoms with Crippen molar-refractivity contribution in [2.75, 3.05) is 6.26 Å². The third kappa shape index (κ3) is 5.42. The van der Waals surface area contributed by atoms with Crippen molar-refractivity contribution in [3.8, 4) is 5.75 Å². The smallest absolute Gasteiger partial charge is 0.325 e. The Kier molecular flexibility index (Phi) is 6.48. The lowest BCUT2D eigenvalue weighted by Gasteiger charge is -2.12. The Balaban J connectivity index is 1.76. The molecule has 0 N–H and O–H groups in total. The van der Waals surface area contributed by atoms with Gasteiger partial charge in [-0.05, 0) is 41.8 Å². The number of nitrogens with zero attached hydrogens (tertiary/aromatic N) is 1. The molecule has 0 unspecified atom stereocenters. The van der Waals surface area contributed by atoms with Crippen molar-refractivity contribution in [2.24, 2.45) is 5.16 Å². The molecule has 1 heterocycles. The fourth-order valence-electron chi connectivity index (χ4n) is 3.20. The molecule has 0 amide bonds. The Hall–Kier alpha value is -3.62. The zero-order chi connectivity index (χ0) is 23.4. The summed E-state index contributed by atoms with van der Waals surface area (Å²) >= 11 is 5.95. The molecule has 0 atom stereocenters. The number of benzene rings is 3. The van der Waals surface area contributed by atoms with Crippen LogP contribution in [0.15, 0.2) is 88.6 Å². The molecule has 0 aliphatic carbocycles. The molecule has 3 aromatic carbocycles. The Morgan fingerprint density at radius 3 is 2.36 bits per heavy atom. The molecule has 0 saturated heterocycles. The van der Waals surface area contributed by atoms with Crippen molar-refractivity contribution in [1.29, 1.82) is 0 Å². The summed E-state index contributed by atoms with van der Waals surface area (Å²) in [6.45, 7) is 0.226. The van der Waals surface area contributed by atoms with Crippen molar-refractivity contribution >= 4 is 44.0 Å². The summed E-state index contributed by atoms with van der Waals surface area (Å²) < 4.78 is 38.8. The highest BCUT2D eigenvalue weighted by atomic mass is 35.5. The summed E-state index contributed by atoms with van der Waals surface area (Å²) in [6, 6.07) is 20.4. The summed E-state index contributed by atoms with van der Waals surface area (Å²) in [6.07, 6.45) is 2.41. The second-order valence-electron chi connectivity index (χ2n) is 7.08. The van der Waals surface area contributed by atoms with Gasteiger partial charge in [0.25, 0.3) is 0 Å². The van der Waals surface area contributed by atoms with Crippen LogP contribution in [0.3, 0.4) is 0 Å². The summed E-state index contributed by atoms with van der Waals surface area (Å²) in [5, 5.41) is 5.43. The average molecular weight is 484 g/mol. The molecule has 0 aliphatic heterocycles. The SMILES string of the molecule is CS(=O)(=O)O/N=C(/C(=O)c1ccc(OCc2ccco2)c2ccccc12)c1ccc(Cl)cc1. The van der Waals surface area contributed by atoms with E-state index in [1.165, 1.54) is 0 Å². The maximum atomic E-state index is 13.5. The minimum atomic E-state index is -3.92. The van der Waals surface area contributed by atoms with Crippen LogP contribution in [0.2, 0.25) is 5.02 Å². The summed E-state index contributed by atoms with van der Waals surface area (Å²) in [5.41, 5.74) is 0.489. The highest BCUT2D eigenvalue weighted by Crippen LogP contribution is 2.30. The molecule has 0 radical (unpaired) electrons. The van der Waals surface area contributed by atoms with E-state index in [0.717, 1.165) is 6.26 Å². The molecule has 9 heteroatoms. The molecule has 168 valence electrons. The van der Waals surface area contributed by atoms with Gasteiger partial charge in [0.15, 0.2) is 5.71 Å². The van der Waals surface area contributed by atoms with Crippen LogP contribution in [0, 0.1) is 0 Å². The number of halogens is 1. The highest BCUT2D eigenvalue weighted by molar-refractivity contribution is 7.85. The lowest BCUT2D eigenvalue weighted by Crippen LogP contribution is -2.18. The van der Waals surface area contributed by atoms with Crippen molar-refractivity contribution in [1.82, 2.24) is 0 Å². The van der Waals surface area contributed by atoms with Crippen LogP contribution in [-0.2, 0) is 21.0 Å². The van der Waals surface area contributed by atoms with Crippen LogP contribution in [0.25, 0.3) is 10.8 Å². The van der Waals surface area contributed by atoms with E-state index in [4.69, 9.17) is 20.8 Å². The van der Waals surface area contributed by atoms with Gasteiger partial charge < -0.3 is 9.15 Å². The van der Waals surface area contributed by atoms with Gasteiger partial charge in [0.1, 0.15) is 18.1 Å². The van der Waals surface area contributed by atoms with E-state index < -0.39 is 15.9 Å². The molecule has 33 heavy (non-hydrogen) atoms. The van der Waals surface area contributed by atoms with Crippen molar-refractivity contribution in [2.45, 2.75) is 6.61 Å². The minimum absolute atomic E-state index is 0.175. The summed E-state index contributed by atoms with van der Waals surface area (Å²) in [7, 11) is -3.92. The largest absolute Gasteiger partial charge is 0.485 e. The van der Waals surface area contributed by atoms with Gasteiger partial charge in [-0.25, -0.2) is 0 Å². The second-order valence-corrected chi connectivity index (χ2v) is 9.07. The zero-order valence-corrected chi connectivity index (χ0v) is 19.0. The van der Waals surface area contributed by atoms with E-state index in [1.54, 1.807) is 66.9 Å². The van der Waals surface area contributed by atoms with Crippen molar-refractivity contribution in [3.05, 3.63) is 101 Å². The molecule has 7 nitrogen and oxygen atoms in total. The number of ether oxygens (including phenoxy) is 1. The first-order valence-electron chi connectivity index (χ1n) is 9.76. The molecule has 0 saturated carbocycles. The average Bonchev–Trinajstić information content (AvgIpc) is 3.31. The maximum absolute atomic E-state index is 13.5. The van der Waals surface area contributed by atoms with E-state index in [9.17, 15) is 13.2 Å². The first-order valence-corrected chi connectivity index (χ1v) is 12.0. The van der Waals surface area contributed by atoms with E-state index in [0.29, 0.717) is 38.4 Å². The predicted molar refractivity (Wildman–Crippen MR) is 125 cm³/mol. The Morgan fingerprint density at radius 1 is 0.970 bits per heavy atom. The van der Waals surface area contributed by atoms with Crippen LogP contribution in [0.5, 0.6) is 5.75 Å². The molecule has 0 fully saturated rings. The number of ketones is 1. The number of oxime groups is 1. The monoisotopic (exact) mass is 483 g/mol. The number of furan rings is 1. The summed E-state index contributed by atoms with van der Waals surface area (Å²) in [4.78, 5) is 13.5. The number of hydrogen-bond donors (Lipinski definition) is 0. The molecular formula is C24H18ClNO6S. The lowest BCUT2D eigenvalue weighted by atomic mass is 9.95. The van der Waals surface area contributed by atoms with Gasteiger partial charge in [-0.2, -0.15) is 8.42 Å². The van der Waals surface area contributed by atoms with Crippen LogP contribution in [0.1, 0.15) is 21.7 Å². The normalized spacial score (nSPS) is 12.0. The van der Waals surface area contributed by atoms with Crippen molar-refractivity contribution < 1.29 is 26.7 Å². The third-order valence-corrected chi connectivity index (χ3v) is 5.27. The van der Waals surface area contributed by atoms with E-state index in [2.05, 4.69) is 9.44 Å². The first-order chi connectivity index (χ1) is 15.8. The Morgan fingerprint density at radius 2 is 1.70 bits per heavy atom. The maximum Gasteiger partial charge on any atom is 0.325 e. The fraction of sp³-hybridized carbons (Fsp3) is 0.0833. The second kappa shape index (κ2) is 9.48. The van der Waals surface area contributed by atoms with Gasteiger partial charge in [0.2, 0.25) is 5.78 Å². The number of Topliss-reactive ketones (excluding diaryl/α,β-unsaturated/α-hetero) is 1. The molecule has 0 bridgehead atoms. The van der Waals surface area contributed by atoms with Crippen LogP contribution in [-0.4, -0.2) is 26.2 Å². The molecule has 0 spiro atoms. The number of carbonyl (C=O) groups is 1. The number of rotatable bonds is 8. The lowest BCUT2D eigenvalue weighted by molar-refractivity contribution is 0.106. The zero-order valence-electron chi connectivity index (χ0n) is 17.4. The Labute approximate surface area is 195 Å². The van der Waals surface area contributed by atoms with Crippen LogP contribution in [0.4, 0.5) is 0 Å².